The zero-order chi connectivity index (χ0) is 17.8. The van der Waals surface area contributed by atoms with Crippen LogP contribution >= 0.6 is 0 Å². The van der Waals surface area contributed by atoms with E-state index in [1.165, 1.54) is 11.4 Å². The maximum Gasteiger partial charge on any atom is 0.279 e. The molecule has 1 aromatic carbocycles. The molecule has 0 spiro atoms. The van der Waals surface area contributed by atoms with Gasteiger partial charge in [-0.1, -0.05) is 31.2 Å². The molecule has 1 aromatic rings. The van der Waals surface area contributed by atoms with Crippen LogP contribution in [0, 0.1) is 5.92 Å². The van der Waals surface area contributed by atoms with Crippen molar-refractivity contribution in [3.05, 3.63) is 35.4 Å². The molecule has 7 nitrogen and oxygen atoms in total. The van der Waals surface area contributed by atoms with Gasteiger partial charge in [-0.3, -0.25) is 0 Å². The van der Waals surface area contributed by atoms with Crippen LogP contribution in [0.4, 0.5) is 0 Å². The van der Waals surface area contributed by atoms with E-state index in [0.717, 1.165) is 18.4 Å². The smallest absolute Gasteiger partial charge is 0.218 e. The summed E-state index contributed by atoms with van der Waals surface area (Å²) in [5.74, 6) is 0.235. The summed E-state index contributed by atoms with van der Waals surface area (Å²) in [7, 11) is -5.50. The average Bonchev–Trinajstić information content (AvgIpc) is 2.53. The van der Waals surface area contributed by atoms with Crippen molar-refractivity contribution in [1.29, 1.82) is 0 Å². The molecule has 1 heterocycles. The van der Waals surface area contributed by atoms with Crippen molar-refractivity contribution in [3.8, 4) is 0 Å². The molecule has 0 aromatic heterocycles. The van der Waals surface area contributed by atoms with E-state index in [1.807, 2.05) is 6.92 Å². The van der Waals surface area contributed by atoms with Gasteiger partial charge in [0.15, 0.2) is 0 Å². The van der Waals surface area contributed by atoms with E-state index >= 15 is 0 Å². The zero-order valence-corrected chi connectivity index (χ0v) is 15.7. The Balaban J connectivity index is 2.01. The van der Waals surface area contributed by atoms with Gasteiger partial charge in [0.25, 0.3) is 10.2 Å². The molecule has 1 aliphatic rings. The maximum absolute atomic E-state index is 12.4. The van der Waals surface area contributed by atoms with Crippen molar-refractivity contribution in [1.82, 2.24) is 13.7 Å². The molecular weight excluding hydrogens is 350 g/mol. The monoisotopic (exact) mass is 375 g/mol. The second kappa shape index (κ2) is 7.92. The second-order valence-electron chi connectivity index (χ2n) is 6.21. The first-order valence-electron chi connectivity index (χ1n) is 7.95. The van der Waals surface area contributed by atoms with Crippen molar-refractivity contribution in [3.63, 3.8) is 0 Å². The second-order valence-corrected chi connectivity index (χ2v) is 9.90. The fourth-order valence-electron chi connectivity index (χ4n) is 2.75. The molecule has 0 saturated carbocycles. The van der Waals surface area contributed by atoms with Crippen LogP contribution in [0.15, 0.2) is 24.3 Å². The molecule has 1 aliphatic heterocycles. The van der Waals surface area contributed by atoms with E-state index in [4.69, 9.17) is 0 Å². The molecule has 0 radical (unpaired) electrons. The first-order chi connectivity index (χ1) is 11.2. The van der Waals surface area contributed by atoms with Crippen LogP contribution < -0.4 is 9.44 Å². The minimum absolute atomic E-state index is 0.131. The van der Waals surface area contributed by atoms with Gasteiger partial charge in [-0.2, -0.15) is 17.4 Å². The van der Waals surface area contributed by atoms with Crippen molar-refractivity contribution >= 4 is 20.2 Å². The maximum atomic E-state index is 12.4. The average molecular weight is 376 g/mol. The standard InChI is InChI=1S/C15H25N3O4S2/c1-13-5-4-8-18(11-13)24(21,22)17-10-14-6-3-7-15(9-14)12-23(19,20)16-2/h3,6-7,9,13,16-17H,4-5,8,10-12H2,1-2H3. The molecule has 2 N–H and O–H groups in total. The lowest BCUT2D eigenvalue weighted by Crippen LogP contribution is -2.45. The molecule has 1 unspecified atom stereocenters. The minimum Gasteiger partial charge on any atom is -0.218 e. The van der Waals surface area contributed by atoms with Crippen molar-refractivity contribution in [2.45, 2.75) is 32.1 Å². The van der Waals surface area contributed by atoms with Gasteiger partial charge >= 0.3 is 0 Å². The molecule has 2 rings (SSSR count). The molecule has 24 heavy (non-hydrogen) atoms. The SMILES string of the molecule is CNS(=O)(=O)Cc1cccc(CNS(=O)(=O)N2CCCC(C)C2)c1. The van der Waals surface area contributed by atoms with Crippen LogP contribution in [0.3, 0.4) is 0 Å². The third-order valence-electron chi connectivity index (χ3n) is 4.08. The van der Waals surface area contributed by atoms with Gasteiger partial charge in [-0.15, -0.1) is 0 Å². The highest BCUT2D eigenvalue weighted by Crippen LogP contribution is 2.18. The number of benzene rings is 1. The predicted molar refractivity (Wildman–Crippen MR) is 93.9 cm³/mol. The predicted octanol–water partition coefficient (Wildman–Crippen LogP) is 0.802. The van der Waals surface area contributed by atoms with Gasteiger partial charge in [0, 0.05) is 19.6 Å². The first kappa shape index (κ1) is 19.3. The van der Waals surface area contributed by atoms with E-state index in [-0.39, 0.29) is 12.3 Å². The Morgan fingerprint density at radius 1 is 1.21 bits per heavy atom. The molecule has 136 valence electrons. The number of nitrogens with one attached hydrogen (secondary N) is 2. The minimum atomic E-state index is -3.51. The lowest BCUT2D eigenvalue weighted by atomic mass is 10.0. The summed E-state index contributed by atoms with van der Waals surface area (Å²) in [6.45, 7) is 3.27. The van der Waals surface area contributed by atoms with Gasteiger partial charge in [0.05, 0.1) is 5.75 Å². The molecule has 1 atom stereocenters. The molecule has 1 fully saturated rings. The summed E-state index contributed by atoms with van der Waals surface area (Å²) in [5, 5.41) is 0. The molecular formula is C15H25N3O4S2. The normalized spacial score (nSPS) is 20.2. The number of hydrogen-bond acceptors (Lipinski definition) is 4. The topological polar surface area (TPSA) is 95.6 Å². The number of sulfonamides is 1. The van der Waals surface area contributed by atoms with Crippen LogP contribution in [-0.4, -0.2) is 41.3 Å². The van der Waals surface area contributed by atoms with Crippen LogP contribution in [0.1, 0.15) is 30.9 Å². The Kier molecular flexibility index (Phi) is 6.38. The first-order valence-corrected chi connectivity index (χ1v) is 11.0. The fraction of sp³-hybridized carbons (Fsp3) is 0.600. The number of rotatable bonds is 7. The third-order valence-corrected chi connectivity index (χ3v) is 6.93. The van der Waals surface area contributed by atoms with Crippen molar-refractivity contribution in [2.24, 2.45) is 5.92 Å². The van der Waals surface area contributed by atoms with Crippen molar-refractivity contribution < 1.29 is 16.8 Å². The summed E-state index contributed by atoms with van der Waals surface area (Å²) in [4.78, 5) is 0. The molecule has 0 bridgehead atoms. The zero-order valence-electron chi connectivity index (χ0n) is 14.0. The summed E-state index contributed by atoms with van der Waals surface area (Å²) < 4.78 is 54.3. The Hall–Kier alpha value is -1.00. The van der Waals surface area contributed by atoms with Gasteiger partial charge in [-0.25, -0.2) is 13.1 Å². The summed E-state index contributed by atoms with van der Waals surface area (Å²) in [6.07, 6.45) is 1.92. The summed E-state index contributed by atoms with van der Waals surface area (Å²) >= 11 is 0. The van der Waals surface area contributed by atoms with Crippen LogP contribution in [-0.2, 0) is 32.5 Å². The van der Waals surface area contributed by atoms with E-state index in [2.05, 4.69) is 9.44 Å². The molecule has 1 saturated heterocycles. The lowest BCUT2D eigenvalue weighted by molar-refractivity contribution is 0.278. The van der Waals surface area contributed by atoms with Gasteiger partial charge in [0.1, 0.15) is 0 Å². The highest BCUT2D eigenvalue weighted by Gasteiger charge is 2.26. The Morgan fingerprint density at radius 3 is 2.58 bits per heavy atom. The Labute approximate surface area is 144 Å². The van der Waals surface area contributed by atoms with Gasteiger partial charge < -0.3 is 0 Å². The van der Waals surface area contributed by atoms with E-state index in [9.17, 15) is 16.8 Å². The van der Waals surface area contributed by atoms with Crippen LogP contribution in [0.2, 0.25) is 0 Å². The molecule has 9 heteroatoms. The number of nitrogens with zero attached hydrogens (tertiary/aromatic N) is 1. The third kappa shape index (κ3) is 5.52. The van der Waals surface area contributed by atoms with Gasteiger partial charge in [-0.05, 0) is 36.9 Å². The van der Waals surface area contributed by atoms with Crippen molar-refractivity contribution in [2.75, 3.05) is 20.1 Å². The Morgan fingerprint density at radius 2 is 1.92 bits per heavy atom. The van der Waals surface area contributed by atoms with E-state index < -0.39 is 20.2 Å². The van der Waals surface area contributed by atoms with E-state index in [1.54, 1.807) is 24.3 Å². The van der Waals surface area contributed by atoms with Crippen LogP contribution in [0.25, 0.3) is 0 Å². The Bertz CT molecular complexity index is 763. The van der Waals surface area contributed by atoms with E-state index in [0.29, 0.717) is 24.6 Å². The quantitative estimate of drug-likeness (QED) is 0.737. The molecule has 0 aliphatic carbocycles. The summed E-state index contributed by atoms with van der Waals surface area (Å²) in [6, 6.07) is 6.92. The lowest BCUT2D eigenvalue weighted by Gasteiger charge is -2.30. The largest absolute Gasteiger partial charge is 0.279 e. The highest BCUT2D eigenvalue weighted by atomic mass is 32.2. The van der Waals surface area contributed by atoms with Gasteiger partial charge in [0.2, 0.25) is 10.0 Å². The summed E-state index contributed by atoms with van der Waals surface area (Å²) in [5.41, 5.74) is 1.35. The number of piperidine rings is 1. The molecule has 0 amide bonds. The fourth-order valence-corrected chi connectivity index (χ4v) is 4.87. The highest BCUT2D eigenvalue weighted by molar-refractivity contribution is 7.88. The number of hydrogen-bond donors (Lipinski definition) is 2. The van der Waals surface area contributed by atoms with Crippen LogP contribution in [0.5, 0.6) is 0 Å².